The molecule has 4 heterocycles. The molecule has 0 aliphatic carbocycles. The topological polar surface area (TPSA) is 178 Å². The van der Waals surface area contributed by atoms with E-state index in [1.165, 1.54) is 12.1 Å². The summed E-state index contributed by atoms with van der Waals surface area (Å²) in [7, 11) is 0. The Morgan fingerprint density at radius 3 is 1.25 bits per heavy atom. The Balaban J connectivity index is 1.45. The first-order chi connectivity index (χ1) is 23.6. The van der Waals surface area contributed by atoms with Gasteiger partial charge >= 0.3 is 0 Å². The van der Waals surface area contributed by atoms with Crippen molar-refractivity contribution in [2.24, 2.45) is 0 Å². The number of hydrogen-bond acceptors (Lipinski definition) is 12. The first-order valence-corrected chi connectivity index (χ1v) is 14.0. The minimum absolute atomic E-state index is 0.0317. The van der Waals surface area contributed by atoms with Crippen LogP contribution in [0.2, 0.25) is 0 Å². The number of rotatable bonds is 4. The van der Waals surface area contributed by atoms with Gasteiger partial charge in [-0.25, -0.2) is 29.9 Å². The summed E-state index contributed by atoms with van der Waals surface area (Å²) in [6, 6.07) is 24.6. The van der Waals surface area contributed by atoms with Gasteiger partial charge in [-0.2, -0.15) is 20.5 Å². The molecule has 0 saturated heterocycles. The van der Waals surface area contributed by atoms with Crippen LogP contribution in [-0.4, -0.2) is 39.9 Å². The monoisotopic (exact) mass is 620 g/mol. The third kappa shape index (κ3) is 4.48. The zero-order chi connectivity index (χ0) is 32.8. The molecular formula is C34H12N12O2. The van der Waals surface area contributed by atoms with Crippen LogP contribution in [0.4, 0.5) is 11.4 Å². The zero-order valence-corrected chi connectivity index (χ0v) is 24.1. The van der Waals surface area contributed by atoms with E-state index in [1.807, 2.05) is 24.3 Å². The first-order valence-electron chi connectivity index (χ1n) is 14.0. The van der Waals surface area contributed by atoms with Gasteiger partial charge in [-0.05, 0) is 35.0 Å². The van der Waals surface area contributed by atoms with E-state index >= 15 is 0 Å². The van der Waals surface area contributed by atoms with Crippen molar-refractivity contribution in [3.8, 4) is 35.4 Å². The van der Waals surface area contributed by atoms with Crippen LogP contribution in [0.5, 0.6) is 23.3 Å². The molecule has 14 heteroatoms. The minimum Gasteiger partial charge on any atom is -0.436 e. The van der Waals surface area contributed by atoms with Gasteiger partial charge in [0.15, 0.2) is 22.7 Å². The summed E-state index contributed by atoms with van der Waals surface area (Å²) >= 11 is 0. The van der Waals surface area contributed by atoms with E-state index < -0.39 is 0 Å². The molecule has 0 spiro atoms. The molecule has 0 saturated carbocycles. The molecule has 0 amide bonds. The maximum absolute atomic E-state index is 9.88. The number of nitrogens with zero attached hydrogens (tertiary/aromatic N) is 12. The summed E-state index contributed by atoms with van der Waals surface area (Å²) in [6.07, 6.45) is 0. The fraction of sp³-hybridized carbons (Fsp3) is 0. The van der Waals surface area contributed by atoms with E-state index in [4.69, 9.17) is 42.6 Å². The Bertz CT molecular complexity index is 2840. The molecule has 0 fully saturated rings. The van der Waals surface area contributed by atoms with Crippen LogP contribution in [0.3, 0.4) is 0 Å². The normalized spacial score (nSPS) is 10.8. The van der Waals surface area contributed by atoms with Gasteiger partial charge in [0.05, 0.1) is 13.1 Å². The molecule has 220 valence electrons. The number of para-hydroxylation sites is 2. The maximum Gasteiger partial charge on any atom is 0.258 e. The van der Waals surface area contributed by atoms with E-state index in [9.17, 15) is 10.5 Å². The van der Waals surface area contributed by atoms with Gasteiger partial charge in [0.25, 0.3) is 11.8 Å². The number of hydrogen-bond donors (Lipinski definition) is 0. The van der Waals surface area contributed by atoms with Crippen LogP contribution in [0.25, 0.3) is 65.1 Å². The fourth-order valence-corrected chi connectivity index (χ4v) is 5.08. The lowest BCUT2D eigenvalue weighted by molar-refractivity contribution is 0.460. The summed E-state index contributed by atoms with van der Waals surface area (Å²) in [4.78, 5) is 43.8. The van der Waals surface area contributed by atoms with Gasteiger partial charge in [0.2, 0.25) is 22.7 Å². The van der Waals surface area contributed by atoms with Crippen LogP contribution in [0, 0.1) is 35.8 Å². The predicted molar refractivity (Wildman–Crippen MR) is 171 cm³/mol. The Hall–Kier alpha value is -7.94. The van der Waals surface area contributed by atoms with E-state index in [-0.39, 0.29) is 79.2 Å². The number of nitriles is 2. The number of benzene rings is 4. The van der Waals surface area contributed by atoms with Crippen LogP contribution >= 0.6 is 0 Å². The highest BCUT2D eigenvalue weighted by molar-refractivity contribution is 6.23. The molecule has 48 heavy (non-hydrogen) atoms. The van der Waals surface area contributed by atoms with Crippen LogP contribution in [0.15, 0.2) is 72.8 Å². The molecule has 0 aliphatic heterocycles. The standard InChI is InChI=1S/C34H12N12O2/c1-37-21-13-19-20(14-22(21)38-2)26-27(43-30-31(42-26)45-33(24(16-36)40-30)47-17-9-5-3-6-10-17)28-25(19)41-29-32(44-28)46-34(23(15-35)39-29)48-18-11-7-4-8-12-18/h3-14H. The summed E-state index contributed by atoms with van der Waals surface area (Å²) < 4.78 is 11.7. The Morgan fingerprint density at radius 1 is 0.500 bits per heavy atom. The highest BCUT2D eigenvalue weighted by Gasteiger charge is 2.22. The largest absolute Gasteiger partial charge is 0.436 e. The third-order valence-electron chi connectivity index (χ3n) is 7.19. The van der Waals surface area contributed by atoms with E-state index in [0.717, 1.165) is 0 Å². The molecule has 0 radical (unpaired) electrons. The fourth-order valence-electron chi connectivity index (χ4n) is 5.08. The lowest BCUT2D eigenvalue weighted by Crippen LogP contribution is -2.03. The lowest BCUT2D eigenvalue weighted by atomic mass is 10.0. The second-order valence-corrected chi connectivity index (χ2v) is 10.1. The number of aromatic nitrogens is 8. The zero-order valence-electron chi connectivity index (χ0n) is 24.1. The molecule has 0 aliphatic rings. The highest BCUT2D eigenvalue weighted by Crippen LogP contribution is 2.40. The molecule has 0 bridgehead atoms. The SMILES string of the molecule is [C-]#[N+]c1cc2c(cc1[N+]#[C-])c1nc3nc(C#N)c(Oc4ccccc4)nc3nc1c1nc3nc(C#N)c(Oc4ccccc4)nc3nc21. The van der Waals surface area contributed by atoms with E-state index in [0.29, 0.717) is 22.3 Å². The molecule has 14 nitrogen and oxygen atoms in total. The van der Waals surface area contributed by atoms with Gasteiger partial charge in [-0.15, -0.1) is 0 Å². The molecule has 8 rings (SSSR count). The molecule has 4 aromatic carbocycles. The molecule has 0 unspecified atom stereocenters. The molecule has 8 aromatic rings. The van der Waals surface area contributed by atoms with Crippen molar-refractivity contribution in [2.45, 2.75) is 0 Å². The summed E-state index contributed by atoms with van der Waals surface area (Å²) in [5.41, 5.74) is 1.16. The van der Waals surface area contributed by atoms with Gasteiger partial charge in [-0.1, -0.05) is 48.5 Å². The van der Waals surface area contributed by atoms with Crippen molar-refractivity contribution in [1.29, 1.82) is 10.5 Å². The molecule has 4 aromatic heterocycles. The molecular weight excluding hydrogens is 608 g/mol. The average molecular weight is 621 g/mol. The smallest absolute Gasteiger partial charge is 0.258 e. The summed E-state index contributed by atoms with van der Waals surface area (Å²) in [5.74, 6) is 0.751. The maximum atomic E-state index is 9.88. The van der Waals surface area contributed by atoms with Crippen molar-refractivity contribution >= 4 is 66.8 Å². The summed E-state index contributed by atoms with van der Waals surface area (Å²) in [5, 5.41) is 20.6. The van der Waals surface area contributed by atoms with Gasteiger partial charge in [-0.3, -0.25) is 9.69 Å². The van der Waals surface area contributed by atoms with Crippen LogP contribution in [-0.2, 0) is 0 Å². The van der Waals surface area contributed by atoms with Crippen LogP contribution < -0.4 is 9.47 Å². The minimum atomic E-state index is -0.115. The molecule has 0 N–H and O–H groups in total. The number of fused-ring (bicyclic) bond motifs is 8. The van der Waals surface area contributed by atoms with Crippen molar-refractivity contribution in [3.05, 3.63) is 107 Å². The predicted octanol–water partition coefficient (Wildman–Crippen LogP) is 7.04. The first kappa shape index (κ1) is 27.6. The lowest BCUT2D eigenvalue weighted by Gasteiger charge is -2.12. The molecule has 0 atom stereocenters. The second kappa shape index (κ2) is 10.9. The Morgan fingerprint density at radius 2 is 0.875 bits per heavy atom. The number of ether oxygens (including phenoxy) is 2. The van der Waals surface area contributed by atoms with Crippen molar-refractivity contribution in [2.75, 3.05) is 0 Å². The van der Waals surface area contributed by atoms with Gasteiger partial charge in [0, 0.05) is 0 Å². The van der Waals surface area contributed by atoms with Crippen molar-refractivity contribution < 1.29 is 9.47 Å². The third-order valence-corrected chi connectivity index (χ3v) is 7.19. The Kier molecular flexibility index (Phi) is 6.26. The summed E-state index contributed by atoms with van der Waals surface area (Å²) in [6.45, 7) is 15.4. The Labute approximate surface area is 268 Å². The average Bonchev–Trinajstić information content (AvgIpc) is 3.13. The van der Waals surface area contributed by atoms with Gasteiger partial charge in [0.1, 0.15) is 45.7 Å². The van der Waals surface area contributed by atoms with Gasteiger partial charge < -0.3 is 9.47 Å². The van der Waals surface area contributed by atoms with Crippen molar-refractivity contribution in [3.63, 3.8) is 0 Å². The highest BCUT2D eigenvalue weighted by atomic mass is 16.5. The van der Waals surface area contributed by atoms with E-state index in [2.05, 4.69) is 29.6 Å². The quantitative estimate of drug-likeness (QED) is 0.111. The van der Waals surface area contributed by atoms with E-state index in [1.54, 1.807) is 48.5 Å². The second-order valence-electron chi connectivity index (χ2n) is 10.1. The van der Waals surface area contributed by atoms with Crippen molar-refractivity contribution in [1.82, 2.24) is 39.9 Å². The van der Waals surface area contributed by atoms with Crippen LogP contribution in [0.1, 0.15) is 11.4 Å².